The summed E-state index contributed by atoms with van der Waals surface area (Å²) >= 11 is 0. The highest BCUT2D eigenvalue weighted by atomic mass is 16.5. The number of benzene rings is 2. The lowest BCUT2D eigenvalue weighted by Crippen LogP contribution is -2.44. The number of unbranched alkanes of at least 4 members (excludes halogenated alkanes) is 1. The third-order valence-corrected chi connectivity index (χ3v) is 7.89. The number of ether oxygens (including phenoxy) is 2. The first-order valence-electron chi connectivity index (χ1n) is 16.3. The molecule has 0 spiro atoms. The maximum absolute atomic E-state index is 13.5. The molecule has 4 N–H and O–H groups in total. The molecule has 10 heteroatoms. The van der Waals surface area contributed by atoms with Crippen molar-refractivity contribution in [2.24, 2.45) is 11.8 Å². The van der Waals surface area contributed by atoms with E-state index >= 15 is 0 Å². The van der Waals surface area contributed by atoms with Crippen molar-refractivity contribution in [3.05, 3.63) is 83.9 Å². The Bertz CT molecular complexity index is 1240. The minimum atomic E-state index is -0.616. The van der Waals surface area contributed by atoms with Gasteiger partial charge in [0, 0.05) is 19.0 Å². The number of aliphatic hydroxyl groups excluding tert-OH is 1. The Morgan fingerprint density at radius 1 is 1.00 bits per heavy atom. The molecule has 0 aromatic heterocycles. The Labute approximate surface area is 272 Å². The molecule has 46 heavy (non-hydrogen) atoms. The quantitative estimate of drug-likeness (QED) is 0.143. The molecule has 0 saturated heterocycles. The standard InChI is InChI=1S/C36H49N3O7/c1-27(24-40)38-33(41)23-30-18-10-2-3-11-19-31(22-28-14-6-4-7-15-28)35(43)45-26-32(39-34(30)42)20-12-13-21-37-36(44)46-25-29-16-8-5-9-17-29/h2,4-10,14-17,27,30-32,40H,3,11-13,18-26H2,1H3,(H,37,44)(H,38,41)(H,39,42)/b10-2-/t27-,30-,31-,32+/m1/s1. The fourth-order valence-electron chi connectivity index (χ4n) is 5.25. The summed E-state index contributed by atoms with van der Waals surface area (Å²) in [5, 5.41) is 17.8. The number of cyclic esters (lactones) is 1. The molecule has 3 rings (SSSR count). The number of allylic oxidation sites excluding steroid dienone is 2. The van der Waals surface area contributed by atoms with Crippen LogP contribution in [0.4, 0.5) is 4.79 Å². The maximum Gasteiger partial charge on any atom is 0.407 e. The fourth-order valence-corrected chi connectivity index (χ4v) is 5.25. The van der Waals surface area contributed by atoms with Crippen LogP contribution in [0.25, 0.3) is 0 Å². The highest BCUT2D eigenvalue weighted by Crippen LogP contribution is 2.20. The third-order valence-electron chi connectivity index (χ3n) is 7.89. The van der Waals surface area contributed by atoms with Gasteiger partial charge in [-0.1, -0.05) is 72.8 Å². The lowest BCUT2D eigenvalue weighted by molar-refractivity contribution is -0.150. The van der Waals surface area contributed by atoms with Crippen molar-refractivity contribution in [1.82, 2.24) is 16.0 Å². The van der Waals surface area contributed by atoms with Gasteiger partial charge in [-0.2, -0.15) is 0 Å². The summed E-state index contributed by atoms with van der Waals surface area (Å²) in [7, 11) is 0. The molecule has 0 aliphatic carbocycles. The largest absolute Gasteiger partial charge is 0.463 e. The Morgan fingerprint density at radius 3 is 2.43 bits per heavy atom. The Hall–Kier alpha value is -4.18. The highest BCUT2D eigenvalue weighted by molar-refractivity contribution is 5.86. The first kappa shape index (κ1) is 36.3. The Balaban J connectivity index is 1.60. The van der Waals surface area contributed by atoms with Crippen LogP contribution >= 0.6 is 0 Å². The van der Waals surface area contributed by atoms with Crippen molar-refractivity contribution in [2.75, 3.05) is 19.8 Å². The predicted octanol–water partition coefficient (Wildman–Crippen LogP) is 4.60. The molecule has 0 fully saturated rings. The van der Waals surface area contributed by atoms with E-state index in [2.05, 4.69) is 16.0 Å². The van der Waals surface area contributed by atoms with Gasteiger partial charge in [0.1, 0.15) is 13.2 Å². The van der Waals surface area contributed by atoms with Crippen LogP contribution in [0.2, 0.25) is 0 Å². The zero-order valence-electron chi connectivity index (χ0n) is 26.8. The molecule has 0 bridgehead atoms. The normalized spacial score (nSPS) is 20.7. The van der Waals surface area contributed by atoms with E-state index in [1.165, 1.54) is 0 Å². The van der Waals surface area contributed by atoms with Crippen molar-refractivity contribution < 1.29 is 33.8 Å². The number of esters is 1. The van der Waals surface area contributed by atoms with Crippen LogP contribution in [-0.2, 0) is 36.9 Å². The number of aliphatic hydroxyl groups is 1. The number of hydrogen-bond donors (Lipinski definition) is 4. The lowest BCUT2D eigenvalue weighted by atomic mass is 9.93. The van der Waals surface area contributed by atoms with Gasteiger partial charge in [-0.3, -0.25) is 14.4 Å². The van der Waals surface area contributed by atoms with Crippen LogP contribution in [0.3, 0.4) is 0 Å². The Morgan fingerprint density at radius 2 is 1.72 bits per heavy atom. The van der Waals surface area contributed by atoms with Gasteiger partial charge in [-0.25, -0.2) is 4.79 Å². The molecule has 2 aromatic carbocycles. The predicted molar refractivity (Wildman–Crippen MR) is 175 cm³/mol. The minimum Gasteiger partial charge on any atom is -0.463 e. The van der Waals surface area contributed by atoms with Gasteiger partial charge in [0.2, 0.25) is 11.8 Å². The fraction of sp³-hybridized carbons (Fsp3) is 0.500. The summed E-state index contributed by atoms with van der Waals surface area (Å²) in [6.45, 7) is 2.09. The van der Waals surface area contributed by atoms with Gasteiger partial charge >= 0.3 is 12.1 Å². The minimum absolute atomic E-state index is 0.0126. The van der Waals surface area contributed by atoms with E-state index < -0.39 is 24.1 Å². The first-order valence-corrected chi connectivity index (χ1v) is 16.3. The van der Waals surface area contributed by atoms with Crippen molar-refractivity contribution in [2.45, 2.75) is 83.4 Å². The summed E-state index contributed by atoms with van der Waals surface area (Å²) in [4.78, 5) is 51.4. The van der Waals surface area contributed by atoms with E-state index in [9.17, 15) is 24.3 Å². The summed E-state index contributed by atoms with van der Waals surface area (Å²) in [6, 6.07) is 18.4. The van der Waals surface area contributed by atoms with Crippen molar-refractivity contribution >= 4 is 23.9 Å². The van der Waals surface area contributed by atoms with Crippen molar-refractivity contribution in [1.29, 1.82) is 0 Å². The van der Waals surface area contributed by atoms with E-state index in [-0.39, 0.29) is 49.9 Å². The maximum atomic E-state index is 13.5. The zero-order chi connectivity index (χ0) is 33.0. The van der Waals surface area contributed by atoms with Crippen LogP contribution in [0.1, 0.15) is 69.4 Å². The molecule has 250 valence electrons. The number of alkyl carbamates (subject to hydrolysis) is 1. The van der Waals surface area contributed by atoms with E-state index in [0.29, 0.717) is 45.1 Å². The number of nitrogens with one attached hydrogen (secondary N) is 3. The van der Waals surface area contributed by atoms with Gasteiger partial charge in [0.25, 0.3) is 0 Å². The van der Waals surface area contributed by atoms with Gasteiger partial charge in [-0.15, -0.1) is 0 Å². The van der Waals surface area contributed by atoms with Crippen LogP contribution in [-0.4, -0.2) is 60.8 Å². The molecule has 3 amide bonds. The number of carbonyl (C=O) groups excluding carboxylic acids is 4. The molecule has 0 radical (unpaired) electrons. The second-order valence-corrected chi connectivity index (χ2v) is 11.9. The first-order chi connectivity index (χ1) is 22.3. The second-order valence-electron chi connectivity index (χ2n) is 11.9. The molecule has 4 atom stereocenters. The third kappa shape index (κ3) is 14.3. The molecule has 1 heterocycles. The lowest BCUT2D eigenvalue weighted by Gasteiger charge is -2.24. The van der Waals surface area contributed by atoms with Crippen LogP contribution in [0, 0.1) is 11.8 Å². The van der Waals surface area contributed by atoms with E-state index in [4.69, 9.17) is 9.47 Å². The monoisotopic (exact) mass is 635 g/mol. The summed E-state index contributed by atoms with van der Waals surface area (Å²) in [5.74, 6) is -1.81. The molecule has 1 aliphatic rings. The average molecular weight is 636 g/mol. The second kappa shape index (κ2) is 20.8. The van der Waals surface area contributed by atoms with E-state index in [1.807, 2.05) is 72.8 Å². The van der Waals surface area contributed by atoms with Crippen molar-refractivity contribution in [3.8, 4) is 0 Å². The number of carbonyl (C=O) groups is 4. The summed E-state index contributed by atoms with van der Waals surface area (Å²) in [6.07, 6.45) is 8.37. The van der Waals surface area contributed by atoms with Gasteiger partial charge < -0.3 is 30.5 Å². The molecule has 0 unspecified atom stereocenters. The zero-order valence-corrected chi connectivity index (χ0v) is 26.8. The van der Waals surface area contributed by atoms with Crippen LogP contribution in [0.5, 0.6) is 0 Å². The smallest absolute Gasteiger partial charge is 0.407 e. The van der Waals surface area contributed by atoms with Gasteiger partial charge in [-0.05, 0) is 69.4 Å². The molecule has 10 nitrogen and oxygen atoms in total. The molecule has 0 saturated carbocycles. The molecule has 1 aliphatic heterocycles. The molecular weight excluding hydrogens is 586 g/mol. The van der Waals surface area contributed by atoms with E-state index in [0.717, 1.165) is 24.0 Å². The number of amides is 3. The van der Waals surface area contributed by atoms with Gasteiger partial charge in [0.05, 0.1) is 24.5 Å². The van der Waals surface area contributed by atoms with Crippen LogP contribution < -0.4 is 16.0 Å². The number of rotatable bonds is 13. The summed E-state index contributed by atoms with van der Waals surface area (Å²) in [5.41, 5.74) is 1.97. The van der Waals surface area contributed by atoms with Crippen molar-refractivity contribution in [3.63, 3.8) is 0 Å². The Kier molecular flexibility index (Phi) is 16.4. The van der Waals surface area contributed by atoms with E-state index in [1.54, 1.807) is 6.92 Å². The van der Waals surface area contributed by atoms with Crippen LogP contribution in [0.15, 0.2) is 72.8 Å². The SMILES string of the molecule is C[C@H](CO)NC(=O)C[C@H]1C/C=C\CCC[C@H](Cc2ccccc2)C(=O)OC[C@H](CCCCNC(=O)OCc2ccccc2)NC1=O. The molecular formula is C36H49N3O7. The highest BCUT2D eigenvalue weighted by Gasteiger charge is 2.26. The van der Waals surface area contributed by atoms with Gasteiger partial charge in [0.15, 0.2) is 0 Å². The molecule has 2 aromatic rings. The summed E-state index contributed by atoms with van der Waals surface area (Å²) < 4.78 is 11.1. The average Bonchev–Trinajstić information content (AvgIpc) is 3.06. The number of hydrogen-bond acceptors (Lipinski definition) is 7. The topological polar surface area (TPSA) is 143 Å².